The van der Waals surface area contributed by atoms with Gasteiger partial charge in [0.25, 0.3) is 0 Å². The number of benzene rings is 4. The van der Waals surface area contributed by atoms with Gasteiger partial charge < -0.3 is 21.7 Å². The summed E-state index contributed by atoms with van der Waals surface area (Å²) in [6.07, 6.45) is 5.75. The summed E-state index contributed by atoms with van der Waals surface area (Å²) in [6.45, 7) is 4.08. The lowest BCUT2D eigenvalue weighted by Gasteiger charge is -2.37. The fraction of sp³-hybridized carbons (Fsp3) is 0.200. The Labute approximate surface area is 198 Å². The zero-order valence-corrected chi connectivity index (χ0v) is 19.4. The molecule has 4 aromatic carbocycles. The zero-order chi connectivity index (χ0) is 23.8. The van der Waals surface area contributed by atoms with E-state index in [0.29, 0.717) is 23.2 Å². The number of aliphatic hydroxyl groups is 1. The number of phenolic OH excluding ortho intramolecular Hbond substituents is 1. The number of allylic oxidation sites excluding steroid dienone is 1. The highest BCUT2D eigenvalue weighted by Crippen LogP contribution is 2.50. The molecule has 0 fully saturated rings. The monoisotopic (exact) mass is 448 g/mol. The van der Waals surface area contributed by atoms with Crippen LogP contribution in [0.4, 0.5) is 5.69 Å². The van der Waals surface area contributed by atoms with E-state index in [1.54, 1.807) is 0 Å². The van der Waals surface area contributed by atoms with Crippen molar-refractivity contribution in [2.45, 2.75) is 38.1 Å². The molecule has 2 aliphatic carbocycles. The van der Waals surface area contributed by atoms with E-state index in [9.17, 15) is 10.2 Å². The highest BCUT2D eigenvalue weighted by atomic mass is 16.3. The van der Waals surface area contributed by atoms with Crippen molar-refractivity contribution in [1.29, 1.82) is 0 Å². The van der Waals surface area contributed by atoms with Crippen LogP contribution in [-0.2, 0) is 6.42 Å². The second-order valence-electron chi connectivity index (χ2n) is 10.0. The molecule has 4 nitrogen and oxygen atoms in total. The third kappa shape index (κ3) is 2.82. The summed E-state index contributed by atoms with van der Waals surface area (Å²) in [4.78, 5) is 0. The van der Waals surface area contributed by atoms with Gasteiger partial charge in [-0.15, -0.1) is 0 Å². The summed E-state index contributed by atoms with van der Waals surface area (Å²) in [7, 11) is 0. The Bertz CT molecular complexity index is 1580. The van der Waals surface area contributed by atoms with E-state index in [0.717, 1.165) is 50.2 Å². The molecule has 4 heteroatoms. The number of aliphatic hydroxyl groups excluding tert-OH is 1. The second kappa shape index (κ2) is 7.12. The number of hydrogen-bond acceptors (Lipinski definition) is 4. The highest BCUT2D eigenvalue weighted by Gasteiger charge is 2.39. The molecular weight excluding hydrogens is 420 g/mol. The van der Waals surface area contributed by atoms with Crippen LogP contribution in [-0.4, -0.2) is 15.8 Å². The minimum absolute atomic E-state index is 0.0613. The molecule has 0 aromatic heterocycles. The van der Waals surface area contributed by atoms with Gasteiger partial charge in [0.2, 0.25) is 0 Å². The van der Waals surface area contributed by atoms with Gasteiger partial charge in [-0.05, 0) is 64.6 Å². The molecular formula is C30H28N2O2. The first-order valence-corrected chi connectivity index (χ1v) is 11.8. The van der Waals surface area contributed by atoms with Crippen molar-refractivity contribution in [3.05, 3.63) is 88.5 Å². The lowest BCUT2D eigenvalue weighted by Crippen LogP contribution is -2.43. The van der Waals surface area contributed by atoms with Gasteiger partial charge in [0.05, 0.1) is 0 Å². The molecule has 0 saturated heterocycles. The van der Waals surface area contributed by atoms with E-state index in [4.69, 9.17) is 11.5 Å². The van der Waals surface area contributed by atoms with Gasteiger partial charge in [0, 0.05) is 33.3 Å². The number of hydrogen-bond donors (Lipinski definition) is 4. The third-order valence-corrected chi connectivity index (χ3v) is 7.53. The maximum Gasteiger partial charge on any atom is 0.133 e. The summed E-state index contributed by atoms with van der Waals surface area (Å²) in [5.74, 6) is 0.449. The SMILES string of the molecule is CC1CC=Cc2ccc3c(c21)C(O)=C(c1c(N)cc2ccc4ccccc4c2c1O)C(C)(N)C3. The number of phenols is 1. The second-order valence-corrected chi connectivity index (χ2v) is 10.0. The summed E-state index contributed by atoms with van der Waals surface area (Å²) in [6, 6.07) is 18.0. The molecule has 170 valence electrons. The summed E-state index contributed by atoms with van der Waals surface area (Å²) in [5.41, 5.74) is 18.0. The summed E-state index contributed by atoms with van der Waals surface area (Å²) in [5, 5.41) is 27.0. The third-order valence-electron chi connectivity index (χ3n) is 7.53. The minimum Gasteiger partial charge on any atom is -0.507 e. The zero-order valence-electron chi connectivity index (χ0n) is 19.4. The molecule has 6 rings (SSSR count). The molecule has 0 amide bonds. The number of fused-ring (bicyclic) bond motifs is 6. The molecule has 6 N–H and O–H groups in total. The summed E-state index contributed by atoms with van der Waals surface area (Å²) < 4.78 is 0. The summed E-state index contributed by atoms with van der Waals surface area (Å²) >= 11 is 0. The topological polar surface area (TPSA) is 92.5 Å². The van der Waals surface area contributed by atoms with E-state index >= 15 is 0 Å². The van der Waals surface area contributed by atoms with Crippen LogP contribution in [0.2, 0.25) is 0 Å². The van der Waals surface area contributed by atoms with Crippen LogP contribution in [0.5, 0.6) is 5.75 Å². The van der Waals surface area contributed by atoms with Crippen molar-refractivity contribution in [2.24, 2.45) is 5.73 Å². The van der Waals surface area contributed by atoms with Crippen LogP contribution in [0.3, 0.4) is 0 Å². The predicted octanol–water partition coefficient (Wildman–Crippen LogP) is 6.50. The molecule has 0 bridgehead atoms. The van der Waals surface area contributed by atoms with Gasteiger partial charge in [-0.3, -0.25) is 0 Å². The Hall–Kier alpha value is -3.76. The fourth-order valence-corrected chi connectivity index (χ4v) is 6.02. The molecule has 2 unspecified atom stereocenters. The van der Waals surface area contributed by atoms with Gasteiger partial charge in [-0.25, -0.2) is 0 Å². The molecule has 0 heterocycles. The van der Waals surface area contributed by atoms with E-state index in [2.05, 4.69) is 31.2 Å². The van der Waals surface area contributed by atoms with Crippen LogP contribution >= 0.6 is 0 Å². The van der Waals surface area contributed by atoms with Crippen molar-refractivity contribution >= 4 is 44.6 Å². The highest BCUT2D eigenvalue weighted by molar-refractivity contribution is 6.15. The van der Waals surface area contributed by atoms with Crippen LogP contribution in [0, 0.1) is 0 Å². The number of nitrogens with two attached hydrogens (primary N) is 2. The lowest BCUT2D eigenvalue weighted by molar-refractivity contribution is 0.469. The number of aromatic hydroxyl groups is 1. The molecule has 2 aliphatic rings. The first-order chi connectivity index (χ1) is 16.3. The van der Waals surface area contributed by atoms with Gasteiger partial charge in [-0.1, -0.05) is 67.6 Å². The van der Waals surface area contributed by atoms with Crippen molar-refractivity contribution in [3.8, 4) is 5.75 Å². The van der Waals surface area contributed by atoms with E-state index < -0.39 is 5.54 Å². The van der Waals surface area contributed by atoms with Gasteiger partial charge >= 0.3 is 0 Å². The predicted molar refractivity (Wildman–Crippen MR) is 142 cm³/mol. The first-order valence-electron chi connectivity index (χ1n) is 11.8. The molecule has 0 spiro atoms. The number of nitrogen functional groups attached to an aromatic ring is 1. The maximum atomic E-state index is 11.8. The molecule has 2 atom stereocenters. The van der Waals surface area contributed by atoms with Crippen LogP contribution in [0.15, 0.2) is 60.7 Å². The molecule has 0 radical (unpaired) electrons. The molecule has 0 aliphatic heterocycles. The molecule has 0 saturated carbocycles. The Morgan fingerprint density at radius 2 is 1.74 bits per heavy atom. The Balaban J connectivity index is 1.72. The molecule has 4 aromatic rings. The van der Waals surface area contributed by atoms with E-state index in [1.165, 1.54) is 0 Å². The quantitative estimate of drug-likeness (QED) is 0.197. The van der Waals surface area contributed by atoms with Crippen molar-refractivity contribution in [2.75, 3.05) is 5.73 Å². The Morgan fingerprint density at radius 3 is 2.56 bits per heavy atom. The number of rotatable bonds is 1. The Morgan fingerprint density at radius 1 is 0.971 bits per heavy atom. The van der Waals surface area contributed by atoms with Crippen LogP contribution in [0.25, 0.3) is 39.0 Å². The average molecular weight is 449 g/mol. The maximum absolute atomic E-state index is 11.8. The van der Waals surface area contributed by atoms with Crippen molar-refractivity contribution in [3.63, 3.8) is 0 Å². The van der Waals surface area contributed by atoms with Gasteiger partial charge in [0.15, 0.2) is 0 Å². The normalized spacial score (nSPS) is 21.7. The largest absolute Gasteiger partial charge is 0.507 e. The van der Waals surface area contributed by atoms with Crippen molar-refractivity contribution in [1.82, 2.24) is 0 Å². The Kier molecular flexibility index (Phi) is 4.36. The van der Waals surface area contributed by atoms with E-state index in [-0.39, 0.29) is 17.4 Å². The van der Waals surface area contributed by atoms with Crippen LogP contribution < -0.4 is 11.5 Å². The smallest absolute Gasteiger partial charge is 0.133 e. The van der Waals surface area contributed by atoms with Crippen molar-refractivity contribution < 1.29 is 10.2 Å². The van der Waals surface area contributed by atoms with Gasteiger partial charge in [-0.2, -0.15) is 0 Å². The van der Waals surface area contributed by atoms with Crippen LogP contribution in [0.1, 0.15) is 54.0 Å². The lowest BCUT2D eigenvalue weighted by atomic mass is 9.71. The fourth-order valence-electron chi connectivity index (χ4n) is 6.02. The van der Waals surface area contributed by atoms with E-state index in [1.807, 2.05) is 49.4 Å². The molecule has 34 heavy (non-hydrogen) atoms. The number of anilines is 1. The first kappa shape index (κ1) is 20.8. The average Bonchev–Trinajstić information content (AvgIpc) is 2.80. The minimum atomic E-state index is -0.914. The standard InChI is InChI=1S/C30H28N2O2/c1-16-6-5-8-18-11-13-20-15-30(2,32)27(29(34)25(20)23(16)18)26-22(31)14-19-12-10-17-7-3-4-9-21(17)24(19)28(26)33/h3-5,7-14,16,33-34H,6,15,31-32H2,1-2H3. The van der Waals surface area contributed by atoms with Gasteiger partial charge in [0.1, 0.15) is 11.5 Å².